The van der Waals surface area contributed by atoms with Crippen molar-refractivity contribution in [3.63, 3.8) is 0 Å². The number of fused-ring (bicyclic) bond motifs is 1. The van der Waals surface area contributed by atoms with Gasteiger partial charge in [-0.15, -0.1) is 11.3 Å². The lowest BCUT2D eigenvalue weighted by Gasteiger charge is -2.10. The van der Waals surface area contributed by atoms with Crippen LogP contribution in [0.2, 0.25) is 5.02 Å². The molecule has 0 radical (unpaired) electrons. The van der Waals surface area contributed by atoms with E-state index in [0.717, 1.165) is 16.5 Å². The van der Waals surface area contributed by atoms with E-state index in [2.05, 4.69) is 12.1 Å². The molecule has 1 N–H and O–H groups in total. The van der Waals surface area contributed by atoms with Crippen LogP contribution in [0.15, 0.2) is 53.9 Å². The van der Waals surface area contributed by atoms with Crippen LogP contribution in [0.1, 0.15) is 17.2 Å². The number of hydrogen-bond acceptors (Lipinski definition) is 2. The molecule has 1 unspecified atom stereocenters. The SMILES string of the molecule is OC(Cc1cccc(Cl)c1)c1csc2ccccc12. The largest absolute Gasteiger partial charge is 0.388 e. The van der Waals surface area contributed by atoms with Crippen LogP contribution in [-0.4, -0.2) is 5.11 Å². The molecule has 2 aromatic carbocycles. The molecule has 0 fully saturated rings. The summed E-state index contributed by atoms with van der Waals surface area (Å²) in [6, 6.07) is 15.8. The molecule has 0 bridgehead atoms. The van der Waals surface area contributed by atoms with E-state index in [9.17, 15) is 5.11 Å². The number of rotatable bonds is 3. The van der Waals surface area contributed by atoms with Gasteiger partial charge < -0.3 is 5.11 Å². The van der Waals surface area contributed by atoms with Crippen LogP contribution < -0.4 is 0 Å². The van der Waals surface area contributed by atoms with Crippen molar-refractivity contribution in [2.24, 2.45) is 0 Å². The van der Waals surface area contributed by atoms with Crippen molar-refractivity contribution in [2.45, 2.75) is 12.5 Å². The normalized spacial score (nSPS) is 12.7. The quantitative estimate of drug-likeness (QED) is 0.732. The Morgan fingerprint density at radius 1 is 1.11 bits per heavy atom. The van der Waals surface area contributed by atoms with Gasteiger partial charge in [0.05, 0.1) is 6.10 Å². The second-order valence-corrected chi connectivity index (χ2v) is 5.88. The molecule has 3 heteroatoms. The fraction of sp³-hybridized carbons (Fsp3) is 0.125. The number of aliphatic hydroxyl groups is 1. The van der Waals surface area contributed by atoms with Gasteiger partial charge >= 0.3 is 0 Å². The summed E-state index contributed by atoms with van der Waals surface area (Å²) in [5.74, 6) is 0. The molecule has 0 aliphatic heterocycles. The van der Waals surface area contributed by atoms with Crippen LogP contribution in [-0.2, 0) is 6.42 Å². The van der Waals surface area contributed by atoms with Crippen LogP contribution in [0.25, 0.3) is 10.1 Å². The summed E-state index contributed by atoms with van der Waals surface area (Å²) in [7, 11) is 0. The number of benzene rings is 2. The molecule has 1 heterocycles. The summed E-state index contributed by atoms with van der Waals surface area (Å²) in [5, 5.41) is 14.3. The predicted molar refractivity (Wildman–Crippen MR) is 81.9 cm³/mol. The van der Waals surface area contributed by atoms with Gasteiger partial charge in [-0.25, -0.2) is 0 Å². The first kappa shape index (κ1) is 12.7. The van der Waals surface area contributed by atoms with E-state index in [4.69, 9.17) is 11.6 Å². The molecule has 0 aliphatic rings. The van der Waals surface area contributed by atoms with Crippen LogP contribution in [0.4, 0.5) is 0 Å². The highest BCUT2D eigenvalue weighted by molar-refractivity contribution is 7.17. The lowest BCUT2D eigenvalue weighted by atomic mass is 10.0. The number of halogens is 1. The zero-order valence-electron chi connectivity index (χ0n) is 10.2. The van der Waals surface area contributed by atoms with Crippen molar-refractivity contribution < 1.29 is 5.11 Å². The smallest absolute Gasteiger partial charge is 0.0844 e. The highest BCUT2D eigenvalue weighted by Crippen LogP contribution is 2.31. The first-order chi connectivity index (χ1) is 9.24. The molecule has 0 aliphatic carbocycles. The molecule has 1 atom stereocenters. The van der Waals surface area contributed by atoms with Crippen LogP contribution >= 0.6 is 22.9 Å². The van der Waals surface area contributed by atoms with Crippen molar-refractivity contribution in [1.29, 1.82) is 0 Å². The molecule has 1 aromatic heterocycles. The monoisotopic (exact) mass is 288 g/mol. The molecule has 0 saturated heterocycles. The maximum Gasteiger partial charge on any atom is 0.0844 e. The molecular weight excluding hydrogens is 276 g/mol. The topological polar surface area (TPSA) is 20.2 Å². The molecule has 1 nitrogen and oxygen atoms in total. The van der Waals surface area contributed by atoms with Crippen molar-refractivity contribution in [3.8, 4) is 0 Å². The molecule has 3 rings (SSSR count). The van der Waals surface area contributed by atoms with Gasteiger partial charge in [-0.05, 0) is 40.1 Å². The fourth-order valence-corrected chi connectivity index (χ4v) is 3.47. The lowest BCUT2D eigenvalue weighted by Crippen LogP contribution is -2.00. The zero-order chi connectivity index (χ0) is 13.2. The Bertz CT molecular complexity index is 705. The molecule has 3 aromatic rings. The first-order valence-corrected chi connectivity index (χ1v) is 7.38. The van der Waals surface area contributed by atoms with Crippen molar-refractivity contribution in [3.05, 3.63) is 70.1 Å². The maximum absolute atomic E-state index is 10.4. The highest BCUT2D eigenvalue weighted by atomic mass is 35.5. The second kappa shape index (κ2) is 5.33. The van der Waals surface area contributed by atoms with Crippen LogP contribution in [0, 0.1) is 0 Å². The molecule has 96 valence electrons. The van der Waals surface area contributed by atoms with E-state index in [1.165, 1.54) is 4.70 Å². The Balaban J connectivity index is 1.90. The molecule has 0 spiro atoms. The standard InChI is InChI=1S/C16H13ClOS/c17-12-5-3-4-11(8-12)9-15(18)14-10-19-16-7-2-1-6-13(14)16/h1-8,10,15,18H,9H2. The maximum atomic E-state index is 10.4. The molecule has 0 amide bonds. The van der Waals surface area contributed by atoms with Gasteiger partial charge in [-0.3, -0.25) is 0 Å². The highest BCUT2D eigenvalue weighted by Gasteiger charge is 2.13. The van der Waals surface area contributed by atoms with Crippen LogP contribution in [0.5, 0.6) is 0 Å². The van der Waals surface area contributed by atoms with E-state index in [1.807, 2.05) is 41.8 Å². The lowest BCUT2D eigenvalue weighted by molar-refractivity contribution is 0.180. The van der Waals surface area contributed by atoms with Crippen molar-refractivity contribution in [2.75, 3.05) is 0 Å². The number of hydrogen-bond donors (Lipinski definition) is 1. The Kier molecular flexibility index (Phi) is 3.56. The predicted octanol–water partition coefficient (Wildman–Crippen LogP) is 4.83. The van der Waals surface area contributed by atoms with E-state index < -0.39 is 6.10 Å². The minimum Gasteiger partial charge on any atom is -0.388 e. The first-order valence-electron chi connectivity index (χ1n) is 6.12. The van der Waals surface area contributed by atoms with E-state index >= 15 is 0 Å². The van der Waals surface area contributed by atoms with Gasteiger partial charge in [-0.1, -0.05) is 41.9 Å². The van der Waals surface area contributed by atoms with Gasteiger partial charge in [0.1, 0.15) is 0 Å². The summed E-state index contributed by atoms with van der Waals surface area (Å²) < 4.78 is 1.21. The third-order valence-electron chi connectivity index (χ3n) is 3.19. The van der Waals surface area contributed by atoms with Gasteiger partial charge in [-0.2, -0.15) is 0 Å². The molecular formula is C16H13ClOS. The van der Waals surface area contributed by atoms with Gasteiger partial charge in [0.25, 0.3) is 0 Å². The van der Waals surface area contributed by atoms with Gasteiger partial charge in [0.2, 0.25) is 0 Å². The summed E-state index contributed by atoms with van der Waals surface area (Å²) in [5.41, 5.74) is 2.05. The number of aliphatic hydroxyl groups excluding tert-OH is 1. The molecule has 0 saturated carbocycles. The van der Waals surface area contributed by atoms with Crippen molar-refractivity contribution in [1.82, 2.24) is 0 Å². The van der Waals surface area contributed by atoms with E-state index in [0.29, 0.717) is 11.4 Å². The Labute approximate surface area is 121 Å². The molecule has 19 heavy (non-hydrogen) atoms. The zero-order valence-corrected chi connectivity index (χ0v) is 11.8. The van der Waals surface area contributed by atoms with Crippen molar-refractivity contribution >= 4 is 33.0 Å². The minimum atomic E-state index is -0.491. The third-order valence-corrected chi connectivity index (χ3v) is 4.40. The van der Waals surface area contributed by atoms with E-state index in [1.54, 1.807) is 11.3 Å². The van der Waals surface area contributed by atoms with E-state index in [-0.39, 0.29) is 0 Å². The average molecular weight is 289 g/mol. The van der Waals surface area contributed by atoms with Crippen LogP contribution in [0.3, 0.4) is 0 Å². The fourth-order valence-electron chi connectivity index (χ4n) is 2.25. The summed E-state index contributed by atoms with van der Waals surface area (Å²) >= 11 is 7.64. The average Bonchev–Trinajstić information content (AvgIpc) is 2.82. The summed E-state index contributed by atoms with van der Waals surface area (Å²) in [6.07, 6.45) is 0.0935. The van der Waals surface area contributed by atoms with Gasteiger partial charge in [0, 0.05) is 16.1 Å². The second-order valence-electron chi connectivity index (χ2n) is 4.54. The summed E-state index contributed by atoms with van der Waals surface area (Å²) in [4.78, 5) is 0. The summed E-state index contributed by atoms with van der Waals surface area (Å²) in [6.45, 7) is 0. The third kappa shape index (κ3) is 2.66. The van der Waals surface area contributed by atoms with Gasteiger partial charge in [0.15, 0.2) is 0 Å². The minimum absolute atomic E-state index is 0.491. The number of thiophene rings is 1. The Hall–Kier alpha value is -1.35. The Morgan fingerprint density at radius 3 is 2.79 bits per heavy atom. The Morgan fingerprint density at radius 2 is 1.95 bits per heavy atom.